The topological polar surface area (TPSA) is 61.0 Å². The number of fused-ring (bicyclic) bond motifs is 1. The molecule has 0 radical (unpaired) electrons. The highest BCUT2D eigenvalue weighted by Crippen LogP contribution is 2.28. The summed E-state index contributed by atoms with van der Waals surface area (Å²) in [6.45, 7) is 2.17. The molecular weight excluding hydrogens is 360 g/mol. The van der Waals surface area contributed by atoms with Gasteiger partial charge in [0.2, 0.25) is 0 Å². The van der Waals surface area contributed by atoms with E-state index >= 15 is 0 Å². The smallest absolute Gasteiger partial charge is 0.257 e. The van der Waals surface area contributed by atoms with Gasteiger partial charge in [0.15, 0.2) is 0 Å². The van der Waals surface area contributed by atoms with E-state index in [0.717, 1.165) is 46.6 Å². The molecule has 3 heterocycles. The average molecular weight is 382 g/mol. The Bertz CT molecular complexity index is 1140. The second kappa shape index (κ2) is 7.43. The van der Waals surface area contributed by atoms with E-state index in [2.05, 4.69) is 44.5 Å². The molecule has 0 bridgehead atoms. The first-order valence-electron chi connectivity index (χ1n) is 9.97. The summed E-state index contributed by atoms with van der Waals surface area (Å²) in [6, 6.07) is 19.8. The quantitative estimate of drug-likeness (QED) is 0.517. The Balaban J connectivity index is 1.44. The van der Waals surface area contributed by atoms with Gasteiger partial charge in [-0.15, -0.1) is 0 Å². The van der Waals surface area contributed by atoms with Gasteiger partial charge in [0.05, 0.1) is 5.56 Å². The summed E-state index contributed by atoms with van der Waals surface area (Å²) in [5.41, 5.74) is 4.45. The van der Waals surface area contributed by atoms with Gasteiger partial charge in [-0.2, -0.15) is 0 Å². The zero-order chi connectivity index (χ0) is 19.6. The first-order valence-corrected chi connectivity index (χ1v) is 9.97. The molecule has 5 heteroatoms. The van der Waals surface area contributed by atoms with Gasteiger partial charge < -0.3 is 15.2 Å². The molecule has 1 saturated heterocycles. The lowest BCUT2D eigenvalue weighted by molar-refractivity contribution is 0.102. The Morgan fingerprint density at radius 3 is 2.52 bits per heavy atom. The van der Waals surface area contributed by atoms with Gasteiger partial charge >= 0.3 is 0 Å². The maximum Gasteiger partial charge on any atom is 0.257 e. The summed E-state index contributed by atoms with van der Waals surface area (Å²) < 4.78 is 0. The number of rotatable bonds is 4. The monoisotopic (exact) mass is 382 g/mol. The van der Waals surface area contributed by atoms with Crippen molar-refractivity contribution in [3.63, 3.8) is 0 Å². The Kier molecular flexibility index (Phi) is 4.48. The van der Waals surface area contributed by atoms with Gasteiger partial charge in [0.25, 0.3) is 5.91 Å². The summed E-state index contributed by atoms with van der Waals surface area (Å²) in [7, 11) is 0. The van der Waals surface area contributed by atoms with Crippen LogP contribution in [0.5, 0.6) is 0 Å². The lowest BCUT2D eigenvalue weighted by Gasteiger charge is -2.16. The van der Waals surface area contributed by atoms with E-state index in [-0.39, 0.29) is 5.91 Å². The highest BCUT2D eigenvalue weighted by atomic mass is 16.1. The number of aromatic nitrogens is 2. The van der Waals surface area contributed by atoms with Crippen molar-refractivity contribution in [3.8, 4) is 11.1 Å². The van der Waals surface area contributed by atoms with Crippen molar-refractivity contribution in [1.29, 1.82) is 0 Å². The van der Waals surface area contributed by atoms with Crippen LogP contribution in [0.1, 0.15) is 23.2 Å². The van der Waals surface area contributed by atoms with E-state index in [0.29, 0.717) is 5.56 Å². The van der Waals surface area contributed by atoms with Gasteiger partial charge in [0, 0.05) is 47.6 Å². The molecule has 5 rings (SSSR count). The van der Waals surface area contributed by atoms with E-state index in [4.69, 9.17) is 0 Å². The van der Waals surface area contributed by atoms with Crippen molar-refractivity contribution in [2.45, 2.75) is 12.8 Å². The molecule has 144 valence electrons. The van der Waals surface area contributed by atoms with Crippen LogP contribution in [0.4, 0.5) is 11.5 Å². The van der Waals surface area contributed by atoms with Crippen LogP contribution < -0.4 is 10.2 Å². The third kappa shape index (κ3) is 3.47. The van der Waals surface area contributed by atoms with Gasteiger partial charge in [-0.05, 0) is 54.8 Å². The van der Waals surface area contributed by atoms with E-state index in [1.165, 1.54) is 12.8 Å². The van der Waals surface area contributed by atoms with E-state index in [1.807, 2.05) is 42.6 Å². The standard InChI is InChI=1S/C24H22N4O/c29-24(27-19-6-2-1-3-7-19)21-16-25-22-10-8-17(14-20(21)22)18-9-11-23(26-15-18)28-12-4-5-13-28/h1-3,6-11,14-16,25H,4-5,12-13H2,(H,27,29). The number of nitrogens with zero attached hydrogens (tertiary/aromatic N) is 2. The molecule has 1 aliphatic heterocycles. The number of H-pyrrole nitrogens is 1. The molecule has 2 aromatic heterocycles. The van der Waals surface area contributed by atoms with Crippen molar-refractivity contribution in [2.24, 2.45) is 0 Å². The van der Waals surface area contributed by atoms with Gasteiger partial charge in [-0.3, -0.25) is 4.79 Å². The number of aromatic amines is 1. The third-order valence-corrected chi connectivity index (χ3v) is 5.47. The summed E-state index contributed by atoms with van der Waals surface area (Å²) in [5, 5.41) is 3.86. The molecule has 1 fully saturated rings. The summed E-state index contributed by atoms with van der Waals surface area (Å²) in [4.78, 5) is 23.0. The summed E-state index contributed by atoms with van der Waals surface area (Å²) >= 11 is 0. The fraction of sp³-hybridized carbons (Fsp3) is 0.167. The molecule has 0 spiro atoms. The molecule has 2 aromatic carbocycles. The number of anilines is 2. The normalized spacial score (nSPS) is 13.7. The summed E-state index contributed by atoms with van der Waals surface area (Å²) in [5.74, 6) is 0.916. The molecule has 1 amide bonds. The van der Waals surface area contributed by atoms with Crippen molar-refractivity contribution in [3.05, 3.63) is 78.6 Å². The largest absolute Gasteiger partial charge is 0.360 e. The van der Waals surface area contributed by atoms with Crippen molar-refractivity contribution in [2.75, 3.05) is 23.3 Å². The van der Waals surface area contributed by atoms with Crippen molar-refractivity contribution < 1.29 is 4.79 Å². The van der Waals surface area contributed by atoms with Crippen LogP contribution in [-0.4, -0.2) is 29.0 Å². The number of pyridine rings is 1. The maximum atomic E-state index is 12.8. The molecule has 1 aliphatic rings. The van der Waals surface area contributed by atoms with Crippen molar-refractivity contribution in [1.82, 2.24) is 9.97 Å². The van der Waals surface area contributed by atoms with Crippen molar-refractivity contribution >= 4 is 28.3 Å². The molecule has 5 nitrogen and oxygen atoms in total. The predicted molar refractivity (Wildman–Crippen MR) is 117 cm³/mol. The number of hydrogen-bond acceptors (Lipinski definition) is 3. The second-order valence-electron chi connectivity index (χ2n) is 7.38. The number of nitrogens with one attached hydrogen (secondary N) is 2. The fourth-order valence-corrected chi connectivity index (χ4v) is 3.90. The number of para-hydroxylation sites is 1. The maximum absolute atomic E-state index is 12.8. The van der Waals surface area contributed by atoms with Crippen LogP contribution in [0.25, 0.3) is 22.0 Å². The van der Waals surface area contributed by atoms with E-state index in [1.54, 1.807) is 6.20 Å². The number of hydrogen-bond donors (Lipinski definition) is 2. The van der Waals surface area contributed by atoms with Crippen LogP contribution in [0.2, 0.25) is 0 Å². The molecular formula is C24H22N4O. The molecule has 0 atom stereocenters. The number of amides is 1. The number of benzene rings is 2. The SMILES string of the molecule is O=C(Nc1ccccc1)c1c[nH]c2ccc(-c3ccc(N4CCCC4)nc3)cc12. The average Bonchev–Trinajstić information content (AvgIpc) is 3.44. The molecule has 29 heavy (non-hydrogen) atoms. The minimum absolute atomic E-state index is 0.123. The molecule has 0 saturated carbocycles. The summed E-state index contributed by atoms with van der Waals surface area (Å²) in [6.07, 6.45) is 6.16. The van der Waals surface area contributed by atoms with Gasteiger partial charge in [-0.1, -0.05) is 24.3 Å². The predicted octanol–water partition coefficient (Wildman–Crippen LogP) is 5.08. The highest BCUT2D eigenvalue weighted by Gasteiger charge is 2.15. The van der Waals surface area contributed by atoms with E-state index in [9.17, 15) is 4.79 Å². The van der Waals surface area contributed by atoms with Crippen LogP contribution in [-0.2, 0) is 0 Å². The number of carbonyl (C=O) groups is 1. The minimum atomic E-state index is -0.123. The van der Waals surface area contributed by atoms with Gasteiger partial charge in [-0.25, -0.2) is 4.98 Å². The van der Waals surface area contributed by atoms with Crippen LogP contribution in [0, 0.1) is 0 Å². The second-order valence-corrected chi connectivity index (χ2v) is 7.38. The van der Waals surface area contributed by atoms with Crippen LogP contribution in [0.15, 0.2) is 73.1 Å². The Labute approximate surface area is 169 Å². The molecule has 0 unspecified atom stereocenters. The fourth-order valence-electron chi connectivity index (χ4n) is 3.90. The Hall–Kier alpha value is -3.60. The zero-order valence-corrected chi connectivity index (χ0v) is 16.1. The lowest BCUT2D eigenvalue weighted by atomic mass is 10.0. The lowest BCUT2D eigenvalue weighted by Crippen LogP contribution is -2.18. The van der Waals surface area contributed by atoms with Crippen LogP contribution >= 0.6 is 0 Å². The van der Waals surface area contributed by atoms with Gasteiger partial charge in [0.1, 0.15) is 5.82 Å². The first kappa shape index (κ1) is 17.5. The zero-order valence-electron chi connectivity index (χ0n) is 16.1. The Morgan fingerprint density at radius 2 is 1.76 bits per heavy atom. The minimum Gasteiger partial charge on any atom is -0.360 e. The molecule has 0 aliphatic carbocycles. The third-order valence-electron chi connectivity index (χ3n) is 5.47. The van der Waals surface area contributed by atoms with Crippen LogP contribution in [0.3, 0.4) is 0 Å². The molecule has 4 aromatic rings. The number of carbonyl (C=O) groups excluding carboxylic acids is 1. The molecule has 2 N–H and O–H groups in total. The first-order chi connectivity index (χ1) is 14.3. The van der Waals surface area contributed by atoms with E-state index < -0.39 is 0 Å². The highest BCUT2D eigenvalue weighted by molar-refractivity contribution is 6.13. The Morgan fingerprint density at radius 1 is 0.966 bits per heavy atom.